The van der Waals surface area contributed by atoms with Crippen LogP contribution in [0.2, 0.25) is 0 Å². The lowest BCUT2D eigenvalue weighted by atomic mass is 10.5. The van der Waals surface area contributed by atoms with Crippen LogP contribution >= 0.6 is 12.2 Å². The van der Waals surface area contributed by atoms with Crippen LogP contribution < -0.4 is 0 Å². The molecule has 0 saturated carbocycles. The predicted octanol–water partition coefficient (Wildman–Crippen LogP) is 0.0927. The second kappa shape index (κ2) is 4.54. The molecule has 2 aromatic heterocycles. The summed E-state index contributed by atoms with van der Waals surface area (Å²) < 4.78 is 4.08. The summed E-state index contributed by atoms with van der Waals surface area (Å²) in [5.74, 6) is 1.28. The van der Waals surface area contributed by atoms with Crippen molar-refractivity contribution in [1.82, 2.24) is 29.5 Å². The minimum Gasteiger partial charge on any atom is -0.388 e. The summed E-state index contributed by atoms with van der Waals surface area (Å²) in [4.78, 5) is 0. The van der Waals surface area contributed by atoms with Crippen LogP contribution in [-0.4, -0.2) is 34.6 Å². The Morgan fingerprint density at radius 2 is 2.31 bits per heavy atom. The van der Waals surface area contributed by atoms with E-state index in [0.29, 0.717) is 17.1 Å². The number of aryl methyl sites for hydroxylation is 1. The molecule has 0 fully saturated rings. The Labute approximate surface area is 96.8 Å². The maximum Gasteiger partial charge on any atom is 0.195 e. The molecular weight excluding hydrogens is 228 g/mol. The summed E-state index contributed by atoms with van der Waals surface area (Å²) in [6.45, 7) is 3.10. The maximum absolute atomic E-state index is 9.09. The highest BCUT2D eigenvalue weighted by Crippen LogP contribution is 2.03. The smallest absolute Gasteiger partial charge is 0.195 e. The van der Waals surface area contributed by atoms with E-state index in [-0.39, 0.29) is 6.61 Å². The van der Waals surface area contributed by atoms with Gasteiger partial charge in [-0.25, -0.2) is 0 Å². The van der Waals surface area contributed by atoms with Crippen molar-refractivity contribution < 1.29 is 5.11 Å². The zero-order chi connectivity index (χ0) is 11.5. The van der Waals surface area contributed by atoms with Gasteiger partial charge in [0.1, 0.15) is 12.9 Å². The van der Waals surface area contributed by atoms with E-state index in [1.807, 2.05) is 11.5 Å². The minimum absolute atomic E-state index is 0.159. The van der Waals surface area contributed by atoms with Crippen LogP contribution in [0.4, 0.5) is 0 Å². The van der Waals surface area contributed by atoms with E-state index in [9.17, 15) is 0 Å². The standard InChI is InChI=1S/C8H12N6OS/c1-2-13-5-9-10-6(13)3-14-7(4-15)11-12-8(14)16/h5,15H,2-4H2,1H3,(H,12,16). The predicted molar refractivity (Wildman–Crippen MR) is 58.1 cm³/mol. The summed E-state index contributed by atoms with van der Waals surface area (Å²) in [7, 11) is 0. The molecule has 86 valence electrons. The number of aliphatic hydroxyl groups excluding tert-OH is 1. The fourth-order valence-electron chi connectivity index (χ4n) is 1.44. The SMILES string of the molecule is CCn1cnnc1Cn1c(CO)n[nH]c1=S. The first kappa shape index (κ1) is 11.0. The van der Waals surface area contributed by atoms with Crippen molar-refractivity contribution in [2.24, 2.45) is 0 Å². The van der Waals surface area contributed by atoms with E-state index in [4.69, 9.17) is 17.3 Å². The number of rotatable bonds is 4. The molecule has 7 nitrogen and oxygen atoms in total. The van der Waals surface area contributed by atoms with E-state index in [0.717, 1.165) is 12.4 Å². The van der Waals surface area contributed by atoms with Gasteiger partial charge in [-0.1, -0.05) is 0 Å². The Balaban J connectivity index is 2.33. The molecule has 2 aromatic rings. The summed E-state index contributed by atoms with van der Waals surface area (Å²) in [5.41, 5.74) is 0. The maximum atomic E-state index is 9.09. The summed E-state index contributed by atoms with van der Waals surface area (Å²) >= 11 is 5.07. The number of aromatic amines is 1. The number of hydrogen-bond acceptors (Lipinski definition) is 5. The van der Waals surface area contributed by atoms with E-state index >= 15 is 0 Å². The zero-order valence-electron chi connectivity index (χ0n) is 8.79. The van der Waals surface area contributed by atoms with Gasteiger partial charge in [0.15, 0.2) is 16.4 Å². The third-order valence-corrected chi connectivity index (χ3v) is 2.63. The number of aromatic nitrogens is 6. The van der Waals surface area contributed by atoms with Crippen molar-refractivity contribution in [2.75, 3.05) is 0 Å². The molecular formula is C8H12N6OS. The van der Waals surface area contributed by atoms with E-state index in [1.54, 1.807) is 10.9 Å². The Morgan fingerprint density at radius 1 is 1.50 bits per heavy atom. The first-order valence-corrected chi connectivity index (χ1v) is 5.28. The molecule has 0 aromatic carbocycles. The summed E-state index contributed by atoms with van der Waals surface area (Å²) in [6.07, 6.45) is 1.66. The molecule has 2 N–H and O–H groups in total. The molecule has 0 aliphatic heterocycles. The number of aliphatic hydroxyl groups is 1. The van der Waals surface area contributed by atoms with Crippen molar-refractivity contribution in [3.05, 3.63) is 22.7 Å². The van der Waals surface area contributed by atoms with Gasteiger partial charge in [0, 0.05) is 6.54 Å². The fraction of sp³-hybridized carbons (Fsp3) is 0.500. The van der Waals surface area contributed by atoms with Crippen LogP contribution in [0.3, 0.4) is 0 Å². The van der Waals surface area contributed by atoms with Gasteiger partial charge >= 0.3 is 0 Å². The molecule has 0 atom stereocenters. The topological polar surface area (TPSA) is 84.6 Å². The van der Waals surface area contributed by atoms with Crippen LogP contribution in [0, 0.1) is 4.77 Å². The lowest BCUT2D eigenvalue weighted by molar-refractivity contribution is 0.265. The van der Waals surface area contributed by atoms with Crippen LogP contribution in [0.1, 0.15) is 18.6 Å². The van der Waals surface area contributed by atoms with Gasteiger partial charge in [-0.3, -0.25) is 9.67 Å². The first-order valence-electron chi connectivity index (χ1n) is 4.88. The Morgan fingerprint density at radius 3 is 3.00 bits per heavy atom. The van der Waals surface area contributed by atoms with Crippen molar-refractivity contribution >= 4 is 12.2 Å². The molecule has 0 saturated heterocycles. The van der Waals surface area contributed by atoms with Crippen molar-refractivity contribution in [3.63, 3.8) is 0 Å². The van der Waals surface area contributed by atoms with E-state index < -0.39 is 0 Å². The highest BCUT2D eigenvalue weighted by atomic mass is 32.1. The van der Waals surface area contributed by atoms with Crippen LogP contribution in [0.25, 0.3) is 0 Å². The number of nitrogens with one attached hydrogen (secondary N) is 1. The second-order valence-corrected chi connectivity index (χ2v) is 3.61. The molecule has 8 heteroatoms. The largest absolute Gasteiger partial charge is 0.388 e. The summed E-state index contributed by atoms with van der Waals surface area (Å²) in [5, 5.41) is 23.5. The molecule has 0 bridgehead atoms. The van der Waals surface area contributed by atoms with Gasteiger partial charge in [0.2, 0.25) is 0 Å². The third kappa shape index (κ3) is 1.89. The van der Waals surface area contributed by atoms with Gasteiger partial charge in [0.05, 0.1) is 6.54 Å². The van der Waals surface area contributed by atoms with Gasteiger partial charge in [-0.15, -0.1) is 10.2 Å². The van der Waals surface area contributed by atoms with Crippen LogP contribution in [0.15, 0.2) is 6.33 Å². The van der Waals surface area contributed by atoms with E-state index in [1.165, 1.54) is 0 Å². The van der Waals surface area contributed by atoms with Crippen LogP contribution in [-0.2, 0) is 19.7 Å². The molecule has 2 heterocycles. The van der Waals surface area contributed by atoms with Gasteiger partial charge in [-0.2, -0.15) is 5.10 Å². The van der Waals surface area contributed by atoms with Crippen LogP contribution in [0.5, 0.6) is 0 Å². The highest BCUT2D eigenvalue weighted by molar-refractivity contribution is 7.71. The lowest BCUT2D eigenvalue weighted by Gasteiger charge is -2.05. The number of hydrogen-bond donors (Lipinski definition) is 2. The normalized spacial score (nSPS) is 10.9. The average molecular weight is 240 g/mol. The average Bonchev–Trinajstić information content (AvgIpc) is 2.87. The zero-order valence-corrected chi connectivity index (χ0v) is 9.61. The molecule has 0 radical (unpaired) electrons. The molecule has 16 heavy (non-hydrogen) atoms. The molecule has 0 unspecified atom stereocenters. The molecule has 0 aliphatic carbocycles. The Kier molecular flexibility index (Phi) is 3.11. The first-order chi connectivity index (χ1) is 7.76. The van der Waals surface area contributed by atoms with Gasteiger partial charge < -0.3 is 9.67 Å². The minimum atomic E-state index is -0.159. The molecule has 0 spiro atoms. The molecule has 2 rings (SSSR count). The molecule has 0 amide bonds. The highest BCUT2D eigenvalue weighted by Gasteiger charge is 2.09. The van der Waals surface area contributed by atoms with Crippen molar-refractivity contribution in [2.45, 2.75) is 26.6 Å². The lowest BCUT2D eigenvalue weighted by Crippen LogP contribution is -2.10. The summed E-state index contributed by atoms with van der Waals surface area (Å²) in [6, 6.07) is 0. The Hall–Kier alpha value is -1.54. The van der Waals surface area contributed by atoms with Gasteiger partial charge in [-0.05, 0) is 19.1 Å². The second-order valence-electron chi connectivity index (χ2n) is 3.22. The number of H-pyrrole nitrogens is 1. The van der Waals surface area contributed by atoms with Crippen molar-refractivity contribution in [3.8, 4) is 0 Å². The fourth-order valence-corrected chi connectivity index (χ4v) is 1.66. The van der Waals surface area contributed by atoms with Gasteiger partial charge in [0.25, 0.3) is 0 Å². The van der Waals surface area contributed by atoms with E-state index in [2.05, 4.69) is 20.4 Å². The molecule has 0 aliphatic rings. The quantitative estimate of drug-likeness (QED) is 0.740. The number of nitrogens with zero attached hydrogens (tertiary/aromatic N) is 5. The Bertz CT molecular complexity index is 527. The monoisotopic (exact) mass is 240 g/mol. The third-order valence-electron chi connectivity index (χ3n) is 2.31. The van der Waals surface area contributed by atoms with Crippen molar-refractivity contribution in [1.29, 1.82) is 0 Å².